The van der Waals surface area contributed by atoms with Crippen LogP contribution in [0.3, 0.4) is 0 Å². The van der Waals surface area contributed by atoms with Gasteiger partial charge in [0.15, 0.2) is 0 Å². The Morgan fingerprint density at radius 2 is 1.80 bits per heavy atom. The summed E-state index contributed by atoms with van der Waals surface area (Å²) >= 11 is 0. The SMILES string of the molecule is Nc1ncc(-c2ccc(F)cc2)c([C@H]2CCCCN2Cc2ccccc2OCc2ccccn2)n1. The van der Waals surface area contributed by atoms with Gasteiger partial charge in [-0.2, -0.15) is 0 Å². The minimum absolute atomic E-state index is 0.0675. The first kappa shape index (κ1) is 22.9. The maximum atomic E-state index is 13.6. The molecule has 0 aliphatic carbocycles. The Bertz CT molecular complexity index is 1270. The van der Waals surface area contributed by atoms with E-state index in [-0.39, 0.29) is 17.8 Å². The number of para-hydroxylation sites is 1. The van der Waals surface area contributed by atoms with Gasteiger partial charge in [0.25, 0.3) is 0 Å². The van der Waals surface area contributed by atoms with Crippen molar-refractivity contribution in [1.82, 2.24) is 19.9 Å². The minimum Gasteiger partial charge on any atom is -0.487 e. The van der Waals surface area contributed by atoms with E-state index >= 15 is 0 Å². The average Bonchev–Trinajstić information content (AvgIpc) is 2.90. The highest BCUT2D eigenvalue weighted by Crippen LogP contribution is 2.37. The molecule has 2 N–H and O–H groups in total. The molecule has 4 aromatic rings. The molecule has 2 aromatic carbocycles. The molecule has 1 saturated heterocycles. The van der Waals surface area contributed by atoms with Crippen LogP contribution in [0.25, 0.3) is 11.1 Å². The van der Waals surface area contributed by atoms with Gasteiger partial charge in [-0.25, -0.2) is 14.4 Å². The zero-order valence-corrected chi connectivity index (χ0v) is 19.5. The zero-order valence-electron chi connectivity index (χ0n) is 19.5. The van der Waals surface area contributed by atoms with Crippen LogP contribution in [0, 0.1) is 5.82 Å². The van der Waals surface area contributed by atoms with E-state index in [0.717, 1.165) is 66.2 Å². The summed E-state index contributed by atoms with van der Waals surface area (Å²) in [6.07, 6.45) is 6.70. The number of piperidine rings is 1. The molecular weight excluding hydrogens is 441 g/mol. The summed E-state index contributed by atoms with van der Waals surface area (Å²) in [4.78, 5) is 15.7. The molecule has 0 spiro atoms. The van der Waals surface area contributed by atoms with Gasteiger partial charge in [-0.05, 0) is 55.3 Å². The second kappa shape index (κ2) is 10.6. The number of likely N-dealkylation sites (tertiary alicyclic amines) is 1. The van der Waals surface area contributed by atoms with Crippen LogP contribution in [0.15, 0.2) is 79.1 Å². The van der Waals surface area contributed by atoms with Crippen LogP contribution >= 0.6 is 0 Å². The topological polar surface area (TPSA) is 77.2 Å². The minimum atomic E-state index is -0.270. The summed E-state index contributed by atoms with van der Waals surface area (Å²) in [6, 6.07) is 20.5. The van der Waals surface area contributed by atoms with Gasteiger partial charge >= 0.3 is 0 Å². The Morgan fingerprint density at radius 1 is 0.971 bits per heavy atom. The Morgan fingerprint density at radius 3 is 2.63 bits per heavy atom. The van der Waals surface area contributed by atoms with Crippen molar-refractivity contribution < 1.29 is 9.13 Å². The molecule has 5 rings (SSSR count). The van der Waals surface area contributed by atoms with Crippen molar-refractivity contribution in [1.29, 1.82) is 0 Å². The van der Waals surface area contributed by atoms with Crippen molar-refractivity contribution in [3.63, 3.8) is 0 Å². The molecule has 1 fully saturated rings. The number of nitrogens with two attached hydrogens (primary N) is 1. The summed E-state index contributed by atoms with van der Waals surface area (Å²) in [5, 5.41) is 0. The highest BCUT2D eigenvalue weighted by atomic mass is 19.1. The second-order valence-corrected chi connectivity index (χ2v) is 8.73. The molecule has 1 atom stereocenters. The Balaban J connectivity index is 1.42. The molecular formula is C28H28FN5O. The first-order valence-electron chi connectivity index (χ1n) is 11.9. The number of hydrogen-bond acceptors (Lipinski definition) is 6. The lowest BCUT2D eigenvalue weighted by molar-refractivity contribution is 0.135. The lowest BCUT2D eigenvalue weighted by atomic mass is 9.93. The van der Waals surface area contributed by atoms with E-state index in [1.165, 1.54) is 12.1 Å². The van der Waals surface area contributed by atoms with Gasteiger partial charge < -0.3 is 10.5 Å². The van der Waals surface area contributed by atoms with Crippen LogP contribution in [-0.2, 0) is 13.2 Å². The summed E-state index contributed by atoms with van der Waals surface area (Å²) in [7, 11) is 0. The summed E-state index contributed by atoms with van der Waals surface area (Å²) in [6.45, 7) is 2.07. The van der Waals surface area contributed by atoms with Crippen molar-refractivity contribution >= 4 is 5.95 Å². The van der Waals surface area contributed by atoms with Gasteiger partial charge in [0.1, 0.15) is 18.2 Å². The fraction of sp³-hybridized carbons (Fsp3) is 0.250. The van der Waals surface area contributed by atoms with E-state index in [1.807, 2.05) is 36.4 Å². The first-order valence-corrected chi connectivity index (χ1v) is 11.9. The number of pyridine rings is 1. The lowest BCUT2D eigenvalue weighted by Gasteiger charge is -2.36. The number of ether oxygens (including phenoxy) is 1. The molecule has 1 aliphatic rings. The molecule has 3 heterocycles. The van der Waals surface area contributed by atoms with E-state index in [0.29, 0.717) is 6.61 Å². The van der Waals surface area contributed by atoms with Crippen molar-refractivity contribution in [2.24, 2.45) is 0 Å². The van der Waals surface area contributed by atoms with Crippen molar-refractivity contribution in [2.45, 2.75) is 38.5 Å². The highest BCUT2D eigenvalue weighted by molar-refractivity contribution is 5.66. The lowest BCUT2D eigenvalue weighted by Crippen LogP contribution is -2.34. The van der Waals surface area contributed by atoms with E-state index in [9.17, 15) is 4.39 Å². The second-order valence-electron chi connectivity index (χ2n) is 8.73. The van der Waals surface area contributed by atoms with E-state index in [1.54, 1.807) is 24.5 Å². The van der Waals surface area contributed by atoms with E-state index < -0.39 is 0 Å². The van der Waals surface area contributed by atoms with Crippen molar-refractivity contribution in [2.75, 3.05) is 12.3 Å². The number of halogens is 1. The van der Waals surface area contributed by atoms with Gasteiger partial charge in [-0.1, -0.05) is 42.8 Å². The molecule has 0 radical (unpaired) electrons. The predicted molar refractivity (Wildman–Crippen MR) is 134 cm³/mol. The Labute approximate surface area is 204 Å². The van der Waals surface area contributed by atoms with Crippen LogP contribution in [0.2, 0.25) is 0 Å². The van der Waals surface area contributed by atoms with Crippen LogP contribution in [-0.4, -0.2) is 26.4 Å². The number of nitrogen functional groups attached to an aromatic ring is 1. The third-order valence-electron chi connectivity index (χ3n) is 6.37. The van der Waals surface area contributed by atoms with E-state index in [2.05, 4.69) is 25.9 Å². The van der Waals surface area contributed by atoms with Gasteiger partial charge in [0.2, 0.25) is 5.95 Å². The number of hydrogen-bond donors (Lipinski definition) is 1. The Kier molecular flexibility index (Phi) is 6.95. The third-order valence-corrected chi connectivity index (χ3v) is 6.37. The molecule has 35 heavy (non-hydrogen) atoms. The number of aromatic nitrogens is 3. The number of anilines is 1. The fourth-order valence-electron chi connectivity index (χ4n) is 4.63. The Hall–Kier alpha value is -3.84. The molecule has 2 aromatic heterocycles. The maximum Gasteiger partial charge on any atom is 0.220 e. The van der Waals surface area contributed by atoms with Crippen molar-refractivity contribution in [3.8, 4) is 16.9 Å². The molecule has 0 bridgehead atoms. The highest BCUT2D eigenvalue weighted by Gasteiger charge is 2.29. The number of rotatable bonds is 7. The first-order chi connectivity index (χ1) is 17.2. The van der Waals surface area contributed by atoms with E-state index in [4.69, 9.17) is 10.5 Å². The molecule has 0 saturated carbocycles. The van der Waals surface area contributed by atoms with Crippen LogP contribution < -0.4 is 10.5 Å². The number of benzene rings is 2. The molecule has 1 aliphatic heterocycles. The van der Waals surface area contributed by atoms with Crippen LogP contribution in [0.1, 0.15) is 42.3 Å². The normalized spacial score (nSPS) is 16.2. The largest absolute Gasteiger partial charge is 0.487 e. The number of nitrogens with zero attached hydrogens (tertiary/aromatic N) is 4. The smallest absolute Gasteiger partial charge is 0.220 e. The summed E-state index contributed by atoms with van der Waals surface area (Å²) < 4.78 is 19.7. The molecule has 178 valence electrons. The maximum absolute atomic E-state index is 13.6. The molecule has 7 heteroatoms. The fourth-order valence-corrected chi connectivity index (χ4v) is 4.63. The third kappa shape index (κ3) is 5.46. The molecule has 6 nitrogen and oxygen atoms in total. The van der Waals surface area contributed by atoms with Crippen LogP contribution in [0.4, 0.5) is 10.3 Å². The molecule has 0 amide bonds. The summed E-state index contributed by atoms with van der Waals surface area (Å²) in [5.74, 6) is 0.826. The standard InChI is InChI=1S/C28H28FN5O/c29-22-13-11-20(12-14-22)24-17-32-28(30)33-27(24)25-9-4-6-16-34(25)18-21-7-1-2-10-26(21)35-19-23-8-3-5-15-31-23/h1-3,5,7-8,10-15,17,25H,4,6,9,16,18-19H2,(H2,30,32,33)/t25-/m1/s1. The zero-order chi connectivity index (χ0) is 24.0. The van der Waals surface area contributed by atoms with Gasteiger partial charge in [-0.3, -0.25) is 9.88 Å². The monoisotopic (exact) mass is 469 g/mol. The summed E-state index contributed by atoms with van der Waals surface area (Å²) in [5.41, 5.74) is 10.7. The van der Waals surface area contributed by atoms with Gasteiger partial charge in [0, 0.05) is 30.1 Å². The van der Waals surface area contributed by atoms with Crippen LogP contribution in [0.5, 0.6) is 5.75 Å². The predicted octanol–water partition coefficient (Wildman–Crippen LogP) is 5.57. The quantitative estimate of drug-likeness (QED) is 0.382. The molecule has 0 unspecified atom stereocenters. The van der Waals surface area contributed by atoms with Crippen molar-refractivity contribution in [3.05, 3.63) is 102 Å². The average molecular weight is 470 g/mol. The van der Waals surface area contributed by atoms with Gasteiger partial charge in [0.05, 0.1) is 17.4 Å². The van der Waals surface area contributed by atoms with Gasteiger partial charge in [-0.15, -0.1) is 0 Å².